The lowest BCUT2D eigenvalue weighted by molar-refractivity contribution is 0.354. The van der Waals surface area contributed by atoms with Gasteiger partial charge in [0.05, 0.1) is 11.4 Å². The first kappa shape index (κ1) is 13.2. The monoisotopic (exact) mass is 380 g/mol. The van der Waals surface area contributed by atoms with Gasteiger partial charge in [0.1, 0.15) is 5.75 Å². The molecule has 2 aromatic rings. The van der Waals surface area contributed by atoms with Gasteiger partial charge in [-0.25, -0.2) is 0 Å². The molecule has 0 N–H and O–H groups in total. The third-order valence-electron chi connectivity index (χ3n) is 3.38. The summed E-state index contributed by atoms with van der Waals surface area (Å²) in [5.74, 6) is 1.05. The first-order valence-corrected chi connectivity index (χ1v) is 8.02. The molecule has 2 aromatic carbocycles. The van der Waals surface area contributed by atoms with Crippen LogP contribution < -0.4 is 4.74 Å². The van der Waals surface area contributed by atoms with Crippen molar-refractivity contribution < 1.29 is 4.74 Å². The second kappa shape index (κ2) is 5.29. The molecule has 19 heavy (non-hydrogen) atoms. The van der Waals surface area contributed by atoms with Crippen molar-refractivity contribution in [2.24, 2.45) is 0 Å². The molecule has 0 fully saturated rings. The fourth-order valence-corrected chi connectivity index (χ4v) is 3.64. The highest BCUT2D eigenvalue weighted by Gasteiger charge is 2.22. The molecule has 1 atom stereocenters. The summed E-state index contributed by atoms with van der Waals surface area (Å²) in [6, 6.07) is 12.9. The lowest BCUT2D eigenvalue weighted by Gasteiger charge is -2.15. The number of hydrogen-bond acceptors (Lipinski definition) is 1. The van der Waals surface area contributed by atoms with Crippen LogP contribution in [0.5, 0.6) is 5.75 Å². The summed E-state index contributed by atoms with van der Waals surface area (Å²) in [6.45, 7) is 2.90. The Balaban J connectivity index is 2.07. The Bertz CT molecular complexity index is 622. The molecule has 3 rings (SSSR count). The van der Waals surface area contributed by atoms with Crippen LogP contribution in [0.4, 0.5) is 0 Å². The van der Waals surface area contributed by atoms with E-state index in [9.17, 15) is 0 Å². The zero-order valence-electron chi connectivity index (χ0n) is 10.6. The second-order valence-electron chi connectivity index (χ2n) is 4.86. The van der Waals surface area contributed by atoms with E-state index in [1.165, 1.54) is 22.3 Å². The van der Waals surface area contributed by atoms with Gasteiger partial charge in [0.15, 0.2) is 0 Å². The molecule has 1 unspecified atom stereocenters. The Kier molecular flexibility index (Phi) is 3.68. The van der Waals surface area contributed by atoms with Gasteiger partial charge in [0, 0.05) is 16.5 Å². The number of alkyl halides is 1. The minimum atomic E-state index is 0.164. The summed E-state index contributed by atoms with van der Waals surface area (Å²) in [4.78, 5) is 0.164. The maximum absolute atomic E-state index is 5.81. The Morgan fingerprint density at radius 1 is 1.21 bits per heavy atom. The molecular formula is C16H14Br2O. The molecule has 0 spiro atoms. The zero-order chi connectivity index (χ0) is 13.4. The predicted molar refractivity (Wildman–Crippen MR) is 85.3 cm³/mol. The molecule has 1 nitrogen and oxygen atoms in total. The quantitative estimate of drug-likeness (QED) is 0.651. The average molecular weight is 382 g/mol. The van der Waals surface area contributed by atoms with Crippen LogP contribution in [0.1, 0.15) is 27.1 Å². The third-order valence-corrected chi connectivity index (χ3v) is 4.86. The van der Waals surface area contributed by atoms with Crippen LogP contribution in [0.15, 0.2) is 40.9 Å². The Morgan fingerprint density at radius 3 is 2.84 bits per heavy atom. The third kappa shape index (κ3) is 2.59. The molecule has 0 saturated carbocycles. The predicted octanol–water partition coefficient (Wildman–Crippen LogP) is 5.18. The number of rotatable bonds is 2. The number of halogens is 2. The van der Waals surface area contributed by atoms with E-state index >= 15 is 0 Å². The van der Waals surface area contributed by atoms with E-state index in [0.717, 1.165) is 23.2 Å². The van der Waals surface area contributed by atoms with Gasteiger partial charge in [-0.15, -0.1) is 0 Å². The van der Waals surface area contributed by atoms with Crippen molar-refractivity contribution in [1.82, 2.24) is 0 Å². The van der Waals surface area contributed by atoms with Crippen LogP contribution >= 0.6 is 31.9 Å². The fraction of sp³-hybridized carbons (Fsp3) is 0.250. The van der Waals surface area contributed by atoms with Gasteiger partial charge in [0.2, 0.25) is 0 Å². The van der Waals surface area contributed by atoms with Gasteiger partial charge in [0.25, 0.3) is 0 Å². The molecular weight excluding hydrogens is 368 g/mol. The second-order valence-corrected chi connectivity index (χ2v) is 6.69. The van der Waals surface area contributed by atoms with E-state index in [0.29, 0.717) is 0 Å². The summed E-state index contributed by atoms with van der Waals surface area (Å²) in [7, 11) is 0. The topological polar surface area (TPSA) is 9.23 Å². The summed E-state index contributed by atoms with van der Waals surface area (Å²) in [5.41, 5.74) is 5.03. The average Bonchev–Trinajstić information content (AvgIpc) is 2.85. The lowest BCUT2D eigenvalue weighted by Crippen LogP contribution is -1.97. The van der Waals surface area contributed by atoms with Crippen molar-refractivity contribution in [3.8, 4) is 5.75 Å². The van der Waals surface area contributed by atoms with Crippen molar-refractivity contribution in [3.63, 3.8) is 0 Å². The largest absolute Gasteiger partial charge is 0.493 e. The van der Waals surface area contributed by atoms with E-state index in [4.69, 9.17) is 4.74 Å². The van der Waals surface area contributed by atoms with E-state index in [2.05, 4.69) is 75.2 Å². The van der Waals surface area contributed by atoms with Crippen LogP contribution in [-0.2, 0) is 6.42 Å². The van der Waals surface area contributed by atoms with Crippen molar-refractivity contribution in [2.45, 2.75) is 18.2 Å². The Morgan fingerprint density at radius 2 is 2.05 bits per heavy atom. The maximum Gasteiger partial charge on any atom is 0.127 e. The molecule has 0 aliphatic carbocycles. The zero-order valence-corrected chi connectivity index (χ0v) is 13.8. The summed E-state index contributed by atoms with van der Waals surface area (Å²) < 4.78 is 6.92. The number of ether oxygens (including phenoxy) is 1. The molecule has 0 aromatic heterocycles. The summed E-state index contributed by atoms with van der Waals surface area (Å²) in [5, 5.41) is 0. The Hall–Kier alpha value is -0.800. The van der Waals surface area contributed by atoms with Gasteiger partial charge in [-0.3, -0.25) is 0 Å². The van der Waals surface area contributed by atoms with Gasteiger partial charge < -0.3 is 4.74 Å². The minimum Gasteiger partial charge on any atom is -0.493 e. The molecule has 1 heterocycles. The first-order chi connectivity index (χ1) is 9.15. The van der Waals surface area contributed by atoms with Gasteiger partial charge in [-0.1, -0.05) is 61.7 Å². The molecule has 1 aliphatic heterocycles. The SMILES string of the molecule is Cc1cccc(C(Br)c2cc(Br)cc3c2OCC3)c1. The van der Waals surface area contributed by atoms with Crippen LogP contribution in [-0.4, -0.2) is 6.61 Å². The molecule has 0 saturated heterocycles. The Labute approximate surface area is 130 Å². The summed E-state index contributed by atoms with van der Waals surface area (Å²) in [6.07, 6.45) is 0.995. The van der Waals surface area contributed by atoms with Gasteiger partial charge in [-0.05, 0) is 30.2 Å². The standard InChI is InChI=1S/C16H14Br2O/c1-10-3-2-4-11(7-10)15(18)14-9-13(17)8-12-5-6-19-16(12)14/h2-4,7-9,15H,5-6H2,1H3. The van der Waals surface area contributed by atoms with Crippen molar-refractivity contribution >= 4 is 31.9 Å². The van der Waals surface area contributed by atoms with Crippen molar-refractivity contribution in [1.29, 1.82) is 0 Å². The van der Waals surface area contributed by atoms with E-state index < -0.39 is 0 Å². The van der Waals surface area contributed by atoms with Crippen LogP contribution in [0.25, 0.3) is 0 Å². The molecule has 3 heteroatoms. The smallest absolute Gasteiger partial charge is 0.127 e. The molecule has 98 valence electrons. The highest BCUT2D eigenvalue weighted by atomic mass is 79.9. The molecule has 1 aliphatic rings. The van der Waals surface area contributed by atoms with Crippen LogP contribution in [0.2, 0.25) is 0 Å². The molecule has 0 amide bonds. The normalized spacial score (nSPS) is 14.9. The van der Waals surface area contributed by atoms with Gasteiger partial charge in [-0.2, -0.15) is 0 Å². The van der Waals surface area contributed by atoms with Crippen molar-refractivity contribution in [2.75, 3.05) is 6.61 Å². The van der Waals surface area contributed by atoms with Crippen LogP contribution in [0, 0.1) is 6.92 Å². The van der Waals surface area contributed by atoms with E-state index in [1.54, 1.807) is 0 Å². The number of fused-ring (bicyclic) bond motifs is 1. The minimum absolute atomic E-state index is 0.164. The van der Waals surface area contributed by atoms with E-state index in [-0.39, 0.29) is 4.83 Å². The first-order valence-electron chi connectivity index (χ1n) is 6.31. The number of hydrogen-bond donors (Lipinski definition) is 0. The van der Waals surface area contributed by atoms with E-state index in [1.807, 2.05) is 0 Å². The fourth-order valence-electron chi connectivity index (χ4n) is 2.49. The van der Waals surface area contributed by atoms with Crippen molar-refractivity contribution in [3.05, 3.63) is 63.1 Å². The highest BCUT2D eigenvalue weighted by molar-refractivity contribution is 9.10. The molecule has 0 bridgehead atoms. The molecule has 0 radical (unpaired) electrons. The number of aryl methyl sites for hydroxylation is 1. The lowest BCUT2D eigenvalue weighted by atomic mass is 10.00. The number of benzene rings is 2. The maximum atomic E-state index is 5.81. The highest BCUT2D eigenvalue weighted by Crippen LogP contribution is 2.42. The summed E-state index contributed by atoms with van der Waals surface area (Å²) >= 11 is 7.41. The van der Waals surface area contributed by atoms with Crippen LogP contribution in [0.3, 0.4) is 0 Å². The van der Waals surface area contributed by atoms with Gasteiger partial charge >= 0.3 is 0 Å².